The number of benzene rings is 1. The van der Waals surface area contributed by atoms with Gasteiger partial charge in [0.15, 0.2) is 0 Å². The van der Waals surface area contributed by atoms with Crippen LogP contribution in [-0.2, 0) is 6.54 Å². The van der Waals surface area contributed by atoms with Crippen LogP contribution in [-0.4, -0.2) is 36.0 Å². The number of amides is 3. The number of hydrogen-bond acceptors (Lipinski definition) is 3. The number of nitrogens with zero attached hydrogens (tertiary/aromatic N) is 1. The molecule has 1 heterocycles. The molecule has 1 aliphatic rings. The molecule has 0 bridgehead atoms. The summed E-state index contributed by atoms with van der Waals surface area (Å²) in [5.41, 5.74) is 12.3. The molecular formula is C15H22N4O2. The number of carbonyl (C=O) groups excluding carboxylic acids is 2. The first-order valence-corrected chi connectivity index (χ1v) is 7.25. The van der Waals surface area contributed by atoms with Crippen LogP contribution in [0.3, 0.4) is 0 Å². The lowest BCUT2D eigenvalue weighted by Gasteiger charge is -2.35. The Morgan fingerprint density at radius 2 is 1.95 bits per heavy atom. The molecule has 0 aromatic heterocycles. The minimum Gasteiger partial charge on any atom is -0.352 e. The van der Waals surface area contributed by atoms with Crippen molar-refractivity contribution in [1.29, 1.82) is 0 Å². The highest BCUT2D eigenvalue weighted by atomic mass is 16.2. The Bertz CT molecular complexity index is 501. The number of primary amides is 1. The summed E-state index contributed by atoms with van der Waals surface area (Å²) in [6.45, 7) is 1.58. The number of nitrogens with two attached hydrogens (primary N) is 2. The number of piperidine rings is 1. The van der Waals surface area contributed by atoms with Crippen molar-refractivity contribution in [2.24, 2.45) is 11.5 Å². The fourth-order valence-electron chi connectivity index (χ4n) is 2.65. The van der Waals surface area contributed by atoms with Gasteiger partial charge >= 0.3 is 6.03 Å². The molecule has 0 aliphatic carbocycles. The minimum atomic E-state index is -0.555. The van der Waals surface area contributed by atoms with Gasteiger partial charge in [-0.25, -0.2) is 4.79 Å². The Hall–Kier alpha value is -2.08. The van der Waals surface area contributed by atoms with Gasteiger partial charge in [-0.05, 0) is 37.0 Å². The van der Waals surface area contributed by atoms with Gasteiger partial charge in [-0.1, -0.05) is 12.1 Å². The van der Waals surface area contributed by atoms with Crippen LogP contribution in [0.4, 0.5) is 4.79 Å². The number of urea groups is 1. The first-order valence-electron chi connectivity index (χ1n) is 7.25. The molecule has 6 nitrogen and oxygen atoms in total. The molecule has 21 heavy (non-hydrogen) atoms. The SMILES string of the molecule is NCc1ccc(C(=O)N2CCCCC2CNC(N)=O)cc1. The molecule has 114 valence electrons. The molecular weight excluding hydrogens is 268 g/mol. The molecule has 1 saturated heterocycles. The summed E-state index contributed by atoms with van der Waals surface area (Å²) >= 11 is 0. The zero-order valence-electron chi connectivity index (χ0n) is 12.0. The van der Waals surface area contributed by atoms with Crippen LogP contribution in [0.25, 0.3) is 0 Å². The van der Waals surface area contributed by atoms with E-state index >= 15 is 0 Å². The van der Waals surface area contributed by atoms with Crippen molar-refractivity contribution in [2.45, 2.75) is 31.8 Å². The number of rotatable bonds is 4. The van der Waals surface area contributed by atoms with E-state index in [1.165, 1.54) is 0 Å². The lowest BCUT2D eigenvalue weighted by atomic mass is 10.0. The van der Waals surface area contributed by atoms with E-state index < -0.39 is 6.03 Å². The predicted octanol–water partition coefficient (Wildman–Crippen LogP) is 0.808. The molecule has 1 aromatic rings. The number of nitrogens with one attached hydrogen (secondary N) is 1. The molecule has 3 amide bonds. The molecule has 1 atom stereocenters. The van der Waals surface area contributed by atoms with Crippen molar-refractivity contribution in [3.63, 3.8) is 0 Å². The number of hydrogen-bond donors (Lipinski definition) is 3. The van der Waals surface area contributed by atoms with E-state index in [1.54, 1.807) is 12.1 Å². The van der Waals surface area contributed by atoms with Gasteiger partial charge in [0.1, 0.15) is 0 Å². The normalized spacial score (nSPS) is 18.3. The fourth-order valence-corrected chi connectivity index (χ4v) is 2.65. The van der Waals surface area contributed by atoms with E-state index in [0.29, 0.717) is 25.2 Å². The summed E-state index contributed by atoms with van der Waals surface area (Å²) in [7, 11) is 0. The van der Waals surface area contributed by atoms with E-state index in [0.717, 1.165) is 24.8 Å². The van der Waals surface area contributed by atoms with Crippen molar-refractivity contribution in [1.82, 2.24) is 10.2 Å². The van der Waals surface area contributed by atoms with Gasteiger partial charge < -0.3 is 21.7 Å². The van der Waals surface area contributed by atoms with Crippen molar-refractivity contribution < 1.29 is 9.59 Å². The maximum Gasteiger partial charge on any atom is 0.312 e. The Morgan fingerprint density at radius 3 is 2.57 bits per heavy atom. The molecule has 0 radical (unpaired) electrons. The van der Waals surface area contributed by atoms with Gasteiger partial charge in [0.25, 0.3) is 5.91 Å². The summed E-state index contributed by atoms with van der Waals surface area (Å²) in [4.78, 5) is 25.3. The van der Waals surface area contributed by atoms with Crippen molar-refractivity contribution >= 4 is 11.9 Å². The van der Waals surface area contributed by atoms with Gasteiger partial charge in [-0.3, -0.25) is 4.79 Å². The van der Waals surface area contributed by atoms with Crippen LogP contribution < -0.4 is 16.8 Å². The average Bonchev–Trinajstić information content (AvgIpc) is 2.52. The summed E-state index contributed by atoms with van der Waals surface area (Å²) in [6, 6.07) is 6.80. The van der Waals surface area contributed by atoms with Crippen LogP contribution >= 0.6 is 0 Å². The summed E-state index contributed by atoms with van der Waals surface area (Å²) < 4.78 is 0. The van der Waals surface area contributed by atoms with E-state index in [-0.39, 0.29) is 11.9 Å². The Balaban J connectivity index is 2.08. The molecule has 6 heteroatoms. The van der Waals surface area contributed by atoms with Gasteiger partial charge in [0.05, 0.1) is 0 Å². The second-order valence-corrected chi connectivity index (χ2v) is 5.29. The number of likely N-dealkylation sites (tertiary alicyclic amines) is 1. The van der Waals surface area contributed by atoms with Crippen molar-refractivity contribution in [3.8, 4) is 0 Å². The molecule has 5 N–H and O–H groups in total. The maximum atomic E-state index is 12.6. The average molecular weight is 290 g/mol. The first-order chi connectivity index (χ1) is 10.1. The van der Waals surface area contributed by atoms with Gasteiger partial charge in [0, 0.05) is 31.2 Å². The summed E-state index contributed by atoms with van der Waals surface area (Å²) in [5.74, 6) is -0.00505. The molecule has 1 aliphatic heterocycles. The summed E-state index contributed by atoms with van der Waals surface area (Å²) in [6.07, 6.45) is 2.92. The highest BCUT2D eigenvalue weighted by molar-refractivity contribution is 5.94. The smallest absolute Gasteiger partial charge is 0.312 e. The van der Waals surface area contributed by atoms with Crippen LogP contribution in [0.5, 0.6) is 0 Å². The van der Waals surface area contributed by atoms with Gasteiger partial charge in [-0.15, -0.1) is 0 Å². The highest BCUT2D eigenvalue weighted by Crippen LogP contribution is 2.19. The van der Waals surface area contributed by atoms with Crippen molar-refractivity contribution in [2.75, 3.05) is 13.1 Å². The molecule has 1 unspecified atom stereocenters. The lowest BCUT2D eigenvalue weighted by molar-refractivity contribution is 0.0615. The Morgan fingerprint density at radius 1 is 1.24 bits per heavy atom. The maximum absolute atomic E-state index is 12.6. The first kappa shape index (κ1) is 15.3. The Kier molecular flexibility index (Phi) is 5.16. The molecule has 1 fully saturated rings. The van der Waals surface area contributed by atoms with E-state index in [1.807, 2.05) is 17.0 Å². The standard InChI is InChI=1S/C15H22N4O2/c16-9-11-4-6-12(7-5-11)14(20)19-8-2-1-3-13(19)10-18-15(17)21/h4-7,13H,1-3,8-10,16H2,(H3,17,18,21). The van der Waals surface area contributed by atoms with Crippen LogP contribution in [0.15, 0.2) is 24.3 Å². The fraction of sp³-hybridized carbons (Fsp3) is 0.467. The zero-order chi connectivity index (χ0) is 15.2. The topological polar surface area (TPSA) is 101 Å². The quantitative estimate of drug-likeness (QED) is 0.764. The monoisotopic (exact) mass is 290 g/mol. The van der Waals surface area contributed by atoms with E-state index in [4.69, 9.17) is 11.5 Å². The summed E-state index contributed by atoms with van der Waals surface area (Å²) in [5, 5.41) is 2.60. The molecule has 0 saturated carbocycles. The van der Waals surface area contributed by atoms with Gasteiger partial charge in [0.2, 0.25) is 0 Å². The van der Waals surface area contributed by atoms with Gasteiger partial charge in [-0.2, -0.15) is 0 Å². The highest BCUT2D eigenvalue weighted by Gasteiger charge is 2.27. The molecule has 0 spiro atoms. The molecule has 2 rings (SSSR count). The predicted molar refractivity (Wildman–Crippen MR) is 80.6 cm³/mol. The third-order valence-corrected chi connectivity index (χ3v) is 3.84. The lowest BCUT2D eigenvalue weighted by Crippen LogP contribution is -2.50. The van der Waals surface area contributed by atoms with E-state index in [2.05, 4.69) is 5.32 Å². The number of carbonyl (C=O) groups is 2. The van der Waals surface area contributed by atoms with Crippen molar-refractivity contribution in [3.05, 3.63) is 35.4 Å². The third-order valence-electron chi connectivity index (χ3n) is 3.84. The third kappa shape index (κ3) is 3.95. The minimum absolute atomic E-state index is 0.00505. The molecule has 1 aromatic carbocycles. The zero-order valence-corrected chi connectivity index (χ0v) is 12.0. The Labute approximate surface area is 124 Å². The largest absolute Gasteiger partial charge is 0.352 e. The second-order valence-electron chi connectivity index (χ2n) is 5.29. The van der Waals surface area contributed by atoms with Crippen LogP contribution in [0.2, 0.25) is 0 Å². The van der Waals surface area contributed by atoms with Crippen LogP contribution in [0.1, 0.15) is 35.2 Å². The second kappa shape index (κ2) is 7.08. The van der Waals surface area contributed by atoms with Crippen LogP contribution in [0, 0.1) is 0 Å². The van der Waals surface area contributed by atoms with E-state index in [9.17, 15) is 9.59 Å².